The van der Waals surface area contributed by atoms with Crippen LogP contribution in [0, 0.1) is 0 Å². The number of carbonyl (C=O) groups excluding carboxylic acids is 1. The molecule has 1 amide bonds. The monoisotopic (exact) mass is 557 g/mol. The van der Waals surface area contributed by atoms with Crippen LogP contribution in [-0.2, 0) is 22.4 Å². The van der Waals surface area contributed by atoms with E-state index >= 15 is 0 Å². The molecule has 3 aliphatic heterocycles. The van der Waals surface area contributed by atoms with E-state index in [9.17, 15) is 9.35 Å². The topological polar surface area (TPSA) is 61.8 Å². The van der Waals surface area contributed by atoms with E-state index in [1.165, 1.54) is 43.2 Å². The van der Waals surface area contributed by atoms with Crippen molar-refractivity contribution in [3.8, 4) is 11.5 Å². The van der Waals surface area contributed by atoms with Crippen LogP contribution >= 0.6 is 27.7 Å². The van der Waals surface area contributed by atoms with Gasteiger partial charge < -0.3 is 18.9 Å². The Morgan fingerprint density at radius 3 is 2.70 bits per heavy atom. The number of hydrogen-bond donors (Lipinski definition) is 0. The lowest BCUT2D eigenvalue weighted by Crippen LogP contribution is -2.49. The van der Waals surface area contributed by atoms with Crippen molar-refractivity contribution >= 4 is 44.8 Å². The first-order valence-electron chi connectivity index (χ1n) is 11.9. The molecule has 8 heteroatoms. The van der Waals surface area contributed by atoms with Gasteiger partial charge in [0.1, 0.15) is 11.0 Å². The van der Waals surface area contributed by atoms with Crippen LogP contribution in [0.4, 0.5) is 0 Å². The van der Waals surface area contributed by atoms with E-state index < -0.39 is 11.2 Å². The fourth-order valence-corrected chi connectivity index (χ4v) is 7.15. The summed E-state index contributed by atoms with van der Waals surface area (Å²) < 4.78 is 23.4. The highest BCUT2D eigenvalue weighted by Crippen LogP contribution is 2.42. The Labute approximate surface area is 214 Å². The molecule has 3 heterocycles. The van der Waals surface area contributed by atoms with Crippen LogP contribution in [0.1, 0.15) is 71.3 Å². The Hall–Kier alpha value is -0.830. The van der Waals surface area contributed by atoms with E-state index in [0.717, 1.165) is 30.1 Å². The molecular weight excluding hydrogens is 522 g/mol. The molecule has 0 aromatic heterocycles. The van der Waals surface area contributed by atoms with E-state index in [2.05, 4.69) is 29.8 Å². The van der Waals surface area contributed by atoms with Crippen molar-refractivity contribution in [1.29, 1.82) is 0 Å². The van der Waals surface area contributed by atoms with E-state index in [0.29, 0.717) is 22.7 Å². The molecule has 1 fully saturated rings. The number of carbonyl (C=O) groups is 1. The van der Waals surface area contributed by atoms with Gasteiger partial charge in [0.05, 0.1) is 16.0 Å². The zero-order valence-electron chi connectivity index (χ0n) is 19.9. The third kappa shape index (κ3) is 7.84. The van der Waals surface area contributed by atoms with Gasteiger partial charge in [-0.25, -0.2) is 0 Å². The van der Waals surface area contributed by atoms with Crippen molar-refractivity contribution in [2.75, 3.05) is 12.5 Å². The normalized spacial score (nSPS) is 22.5. The highest BCUT2D eigenvalue weighted by atomic mass is 79.9. The molecule has 4 atom stereocenters. The molecule has 33 heavy (non-hydrogen) atoms. The van der Waals surface area contributed by atoms with Crippen molar-refractivity contribution in [1.82, 2.24) is 4.90 Å². The summed E-state index contributed by atoms with van der Waals surface area (Å²) in [6.07, 6.45) is 11.0. The van der Waals surface area contributed by atoms with E-state index in [4.69, 9.17) is 9.47 Å². The Morgan fingerprint density at radius 2 is 1.94 bits per heavy atom. The van der Waals surface area contributed by atoms with Crippen LogP contribution in [0.25, 0.3) is 0 Å². The van der Waals surface area contributed by atoms with Crippen molar-refractivity contribution < 1.29 is 18.8 Å². The number of ether oxygens (including phenoxy) is 2. The summed E-state index contributed by atoms with van der Waals surface area (Å²) in [4.78, 5) is 12.8. The van der Waals surface area contributed by atoms with Gasteiger partial charge in [0, 0.05) is 12.6 Å². The quantitative estimate of drug-likeness (QED) is 0.145. The highest BCUT2D eigenvalue weighted by molar-refractivity contribution is 9.11. The molecule has 0 spiro atoms. The SMILES string of the molecule is CC1=CN2C(=O)C[C@H]2SC1Br.CCCCCCCC[S+]([O-])C(C)Cc1ccc2c(c1)OCO2. The predicted molar refractivity (Wildman–Crippen MR) is 141 cm³/mol. The van der Waals surface area contributed by atoms with Gasteiger partial charge >= 0.3 is 0 Å². The molecule has 0 radical (unpaired) electrons. The van der Waals surface area contributed by atoms with Crippen molar-refractivity contribution in [2.24, 2.45) is 0 Å². The summed E-state index contributed by atoms with van der Waals surface area (Å²) in [5, 5.41) is 0.589. The second kappa shape index (κ2) is 13.3. The number of nitrogens with zero attached hydrogens (tertiary/aromatic N) is 1. The number of hydrogen-bond acceptors (Lipinski definition) is 5. The molecule has 0 bridgehead atoms. The maximum atomic E-state index is 12.3. The smallest absolute Gasteiger partial charge is 0.231 e. The first-order chi connectivity index (χ1) is 15.9. The summed E-state index contributed by atoms with van der Waals surface area (Å²) >= 11 is 4.59. The van der Waals surface area contributed by atoms with Crippen LogP contribution in [0.5, 0.6) is 11.5 Å². The average Bonchev–Trinajstić information content (AvgIpc) is 3.26. The first-order valence-corrected chi connectivity index (χ1v) is 15.2. The van der Waals surface area contributed by atoms with Gasteiger partial charge in [-0.05, 0) is 50.0 Å². The Balaban J connectivity index is 0.000000231. The number of benzene rings is 1. The molecule has 3 unspecified atom stereocenters. The number of β-lactam (4-membered cyclic amide) rings is 1. The molecule has 4 rings (SSSR count). The largest absolute Gasteiger partial charge is 0.616 e. The molecule has 0 saturated carbocycles. The van der Waals surface area contributed by atoms with Crippen molar-refractivity contribution in [3.63, 3.8) is 0 Å². The number of amides is 1. The molecule has 1 aromatic rings. The minimum Gasteiger partial charge on any atom is -0.616 e. The van der Waals surface area contributed by atoms with Gasteiger partial charge in [0.15, 0.2) is 11.5 Å². The summed E-state index contributed by atoms with van der Waals surface area (Å²) in [6.45, 7) is 6.65. The summed E-state index contributed by atoms with van der Waals surface area (Å²) in [5.74, 6) is 2.70. The van der Waals surface area contributed by atoms with Crippen LogP contribution in [0.15, 0.2) is 30.0 Å². The number of alkyl halides is 1. The lowest BCUT2D eigenvalue weighted by Gasteiger charge is -2.42. The number of unbranched alkanes of at least 4 members (excludes halogenated alkanes) is 5. The first kappa shape index (κ1) is 26.8. The molecule has 1 saturated heterocycles. The van der Waals surface area contributed by atoms with E-state index in [1.807, 2.05) is 36.2 Å². The molecular formula is C25H36BrNO4S2. The molecule has 1 aromatic carbocycles. The van der Waals surface area contributed by atoms with E-state index in [1.54, 1.807) is 11.8 Å². The van der Waals surface area contributed by atoms with Gasteiger partial charge in [-0.2, -0.15) is 0 Å². The molecule has 184 valence electrons. The van der Waals surface area contributed by atoms with Gasteiger partial charge in [0.25, 0.3) is 0 Å². The number of thioether (sulfide) groups is 1. The zero-order valence-corrected chi connectivity index (χ0v) is 23.1. The minimum absolute atomic E-state index is 0.191. The lowest BCUT2D eigenvalue weighted by molar-refractivity contribution is -0.137. The molecule has 0 aliphatic carbocycles. The van der Waals surface area contributed by atoms with Gasteiger partial charge in [-0.3, -0.25) is 4.79 Å². The summed E-state index contributed by atoms with van der Waals surface area (Å²) in [5.41, 5.74) is 2.40. The molecule has 5 nitrogen and oxygen atoms in total. The summed E-state index contributed by atoms with van der Waals surface area (Å²) in [7, 11) is 0. The highest BCUT2D eigenvalue weighted by Gasteiger charge is 2.39. The Morgan fingerprint density at radius 1 is 1.21 bits per heavy atom. The maximum absolute atomic E-state index is 12.3. The zero-order chi connectivity index (χ0) is 23.8. The van der Waals surface area contributed by atoms with E-state index in [-0.39, 0.29) is 11.2 Å². The Bertz CT molecular complexity index is 822. The third-order valence-corrected chi connectivity index (χ3v) is 10.5. The number of rotatable bonds is 10. The summed E-state index contributed by atoms with van der Waals surface area (Å²) in [6, 6.07) is 6.01. The standard InChI is InChI=1S/C18H28O3S.C7H8BrNOS/c1-3-4-5-6-7-8-11-22(19)15(2)12-16-9-10-17-18(13-16)21-14-20-17;1-4-3-9-5(10)2-6(9)11-7(4)8/h9-10,13,15H,3-8,11-12,14H2,1-2H3;3,6-7H,2H2,1H3/t;6-,7?/m.1/s1. The van der Waals surface area contributed by atoms with Crippen LogP contribution in [0.2, 0.25) is 0 Å². The lowest BCUT2D eigenvalue weighted by atomic mass is 10.1. The Kier molecular flexibility index (Phi) is 10.8. The average molecular weight is 559 g/mol. The van der Waals surface area contributed by atoms with Gasteiger partial charge in [-0.1, -0.05) is 65.8 Å². The maximum Gasteiger partial charge on any atom is 0.231 e. The second-order valence-electron chi connectivity index (χ2n) is 8.84. The number of halogens is 1. The van der Waals surface area contributed by atoms with Gasteiger partial charge in [0.2, 0.25) is 12.7 Å². The second-order valence-corrected chi connectivity index (χ2v) is 13.6. The van der Waals surface area contributed by atoms with Gasteiger partial charge in [-0.15, -0.1) is 11.8 Å². The van der Waals surface area contributed by atoms with Crippen molar-refractivity contribution in [3.05, 3.63) is 35.5 Å². The minimum atomic E-state index is -0.743. The van der Waals surface area contributed by atoms with Crippen LogP contribution < -0.4 is 9.47 Å². The third-order valence-electron chi connectivity index (χ3n) is 6.03. The number of fused-ring (bicyclic) bond motifs is 2. The molecule has 0 N–H and O–H groups in total. The fraction of sp³-hybridized carbons (Fsp3) is 0.640. The van der Waals surface area contributed by atoms with Crippen molar-refractivity contribution in [2.45, 2.75) is 86.9 Å². The van der Waals surface area contributed by atoms with Crippen LogP contribution in [0.3, 0.4) is 0 Å². The van der Waals surface area contributed by atoms with Crippen LogP contribution in [-0.4, -0.2) is 42.7 Å². The predicted octanol–water partition coefficient (Wildman–Crippen LogP) is 6.37. The molecule has 3 aliphatic rings. The fourth-order valence-electron chi connectivity index (χ4n) is 3.91.